The van der Waals surface area contributed by atoms with Gasteiger partial charge in [-0.1, -0.05) is 39.3 Å². The van der Waals surface area contributed by atoms with Gasteiger partial charge in [0, 0.05) is 17.7 Å². The molecule has 0 fully saturated rings. The van der Waals surface area contributed by atoms with Crippen LogP contribution < -0.4 is 9.47 Å². The Labute approximate surface area is 207 Å². The molecule has 0 saturated carbocycles. The molecule has 2 aromatic carbocycles. The first-order valence-electron chi connectivity index (χ1n) is 12.3. The summed E-state index contributed by atoms with van der Waals surface area (Å²) in [5, 5.41) is 18.3. The van der Waals surface area contributed by atoms with E-state index in [4.69, 9.17) is 9.47 Å². The molecule has 0 bridgehead atoms. The lowest BCUT2D eigenvalue weighted by Gasteiger charge is -2.27. The average molecular weight is 478 g/mol. The van der Waals surface area contributed by atoms with Crippen LogP contribution in [0.1, 0.15) is 72.4 Å². The Bertz CT molecular complexity index is 1210. The number of aromatic amines is 1. The van der Waals surface area contributed by atoms with Crippen LogP contribution in [0, 0.1) is 19.8 Å². The van der Waals surface area contributed by atoms with Crippen molar-refractivity contribution in [2.24, 2.45) is 5.92 Å². The van der Waals surface area contributed by atoms with Crippen molar-refractivity contribution in [1.29, 1.82) is 0 Å². The van der Waals surface area contributed by atoms with E-state index in [-0.39, 0.29) is 17.7 Å². The number of phenols is 1. The number of carbonyl (C=O) groups is 1. The maximum Gasteiger partial charge on any atom is 0.273 e. The molecule has 0 radical (unpaired) electrons. The number of ether oxygens (including phenoxy) is 2. The van der Waals surface area contributed by atoms with E-state index in [9.17, 15) is 9.90 Å². The number of aryl methyl sites for hydroxylation is 2. The molecule has 0 spiro atoms. The zero-order valence-corrected chi connectivity index (χ0v) is 21.4. The summed E-state index contributed by atoms with van der Waals surface area (Å²) in [5.74, 6) is 1.76. The predicted molar refractivity (Wildman–Crippen MR) is 136 cm³/mol. The first kappa shape index (κ1) is 24.6. The number of aromatic nitrogens is 2. The van der Waals surface area contributed by atoms with Gasteiger partial charge in [-0.05, 0) is 61.1 Å². The summed E-state index contributed by atoms with van der Waals surface area (Å²) in [6, 6.07) is 9.23. The molecule has 4 rings (SSSR count). The number of hydrogen-bond donors (Lipinski definition) is 2. The van der Waals surface area contributed by atoms with Crippen molar-refractivity contribution in [1.82, 2.24) is 15.1 Å². The Morgan fingerprint density at radius 2 is 1.94 bits per heavy atom. The maximum absolute atomic E-state index is 13.5. The molecule has 186 valence electrons. The number of unbranched alkanes of at least 4 members (excludes halogenated alkanes) is 1. The van der Waals surface area contributed by atoms with E-state index in [1.54, 1.807) is 13.2 Å². The lowest BCUT2D eigenvalue weighted by Crippen LogP contribution is -2.30. The highest BCUT2D eigenvalue weighted by atomic mass is 16.5. The zero-order chi connectivity index (χ0) is 25.3. The molecule has 1 amide bonds. The molecule has 1 aliphatic heterocycles. The fourth-order valence-corrected chi connectivity index (χ4v) is 4.78. The molecule has 35 heavy (non-hydrogen) atoms. The van der Waals surface area contributed by atoms with E-state index in [0.29, 0.717) is 47.5 Å². The standard InChI is InChI=1S/C28H35N3O4/c1-7-8-11-31-27(19-9-10-21(22(14-19)34-6)35-15-16(2)3)24-25(29-30-26(24)28(31)33)23-18(5)12-17(4)13-20(23)32/h9-10,12-14,16,27,32H,7-8,11,15H2,1-6H3,(H,29,30). The van der Waals surface area contributed by atoms with Gasteiger partial charge in [0.1, 0.15) is 17.1 Å². The maximum atomic E-state index is 13.5. The highest BCUT2D eigenvalue weighted by Crippen LogP contribution is 2.46. The number of phenolic OH excluding ortho intramolecular Hbond substituents is 1. The van der Waals surface area contributed by atoms with Gasteiger partial charge in [0.15, 0.2) is 11.5 Å². The van der Waals surface area contributed by atoms with Crippen LogP contribution in [0.2, 0.25) is 0 Å². The molecule has 1 aromatic heterocycles. The van der Waals surface area contributed by atoms with Crippen LogP contribution in [0.5, 0.6) is 17.2 Å². The molecule has 1 aliphatic rings. The molecule has 0 saturated heterocycles. The number of carbonyl (C=O) groups excluding carboxylic acids is 1. The molecule has 2 N–H and O–H groups in total. The molecule has 1 unspecified atom stereocenters. The van der Waals surface area contributed by atoms with Crippen LogP contribution in [0.3, 0.4) is 0 Å². The topological polar surface area (TPSA) is 87.7 Å². The summed E-state index contributed by atoms with van der Waals surface area (Å²) in [6.07, 6.45) is 1.86. The monoisotopic (exact) mass is 477 g/mol. The number of H-pyrrole nitrogens is 1. The van der Waals surface area contributed by atoms with Gasteiger partial charge < -0.3 is 19.5 Å². The number of nitrogens with one attached hydrogen (secondary N) is 1. The van der Waals surface area contributed by atoms with Crippen LogP contribution in [-0.2, 0) is 0 Å². The quantitative estimate of drug-likeness (QED) is 0.407. The van der Waals surface area contributed by atoms with Crippen molar-refractivity contribution in [3.8, 4) is 28.5 Å². The Balaban J connectivity index is 1.85. The van der Waals surface area contributed by atoms with Crippen molar-refractivity contribution in [3.63, 3.8) is 0 Å². The molecule has 2 heterocycles. The summed E-state index contributed by atoms with van der Waals surface area (Å²) >= 11 is 0. The molecule has 0 aliphatic carbocycles. The first-order valence-corrected chi connectivity index (χ1v) is 12.3. The van der Waals surface area contributed by atoms with Crippen LogP contribution in [0.15, 0.2) is 30.3 Å². The molecular weight excluding hydrogens is 442 g/mol. The molecule has 7 nitrogen and oxygen atoms in total. The highest BCUT2D eigenvalue weighted by Gasteiger charge is 2.42. The third-order valence-corrected chi connectivity index (χ3v) is 6.39. The van der Waals surface area contributed by atoms with Crippen LogP contribution in [-0.4, -0.2) is 46.4 Å². The van der Waals surface area contributed by atoms with Crippen LogP contribution in [0.4, 0.5) is 0 Å². The lowest BCUT2D eigenvalue weighted by molar-refractivity contribution is 0.0741. The van der Waals surface area contributed by atoms with E-state index in [1.807, 2.05) is 43.0 Å². The van der Waals surface area contributed by atoms with E-state index < -0.39 is 0 Å². The molecule has 1 atom stereocenters. The van der Waals surface area contributed by atoms with Gasteiger partial charge in [0.05, 0.1) is 19.8 Å². The molecule has 7 heteroatoms. The van der Waals surface area contributed by atoms with Crippen LogP contribution in [0.25, 0.3) is 11.3 Å². The van der Waals surface area contributed by atoms with Gasteiger partial charge >= 0.3 is 0 Å². The zero-order valence-electron chi connectivity index (χ0n) is 21.4. The Hall–Kier alpha value is -3.48. The Morgan fingerprint density at radius 1 is 1.17 bits per heavy atom. The van der Waals surface area contributed by atoms with E-state index >= 15 is 0 Å². The third kappa shape index (κ3) is 4.59. The van der Waals surface area contributed by atoms with Gasteiger partial charge in [-0.15, -0.1) is 0 Å². The second-order valence-corrected chi connectivity index (χ2v) is 9.71. The first-order chi connectivity index (χ1) is 16.8. The highest BCUT2D eigenvalue weighted by molar-refractivity contribution is 6.00. The fraction of sp³-hybridized carbons (Fsp3) is 0.429. The number of aromatic hydroxyl groups is 1. The third-order valence-electron chi connectivity index (χ3n) is 6.39. The largest absolute Gasteiger partial charge is 0.507 e. The SMILES string of the molecule is CCCCN1C(=O)c2[nH]nc(-c3c(C)cc(C)cc3O)c2C1c1ccc(OCC(C)C)c(OC)c1. The minimum Gasteiger partial charge on any atom is -0.507 e. The summed E-state index contributed by atoms with van der Waals surface area (Å²) in [5.41, 5.74) is 5.29. The second-order valence-electron chi connectivity index (χ2n) is 9.71. The van der Waals surface area contributed by atoms with E-state index in [2.05, 4.69) is 31.0 Å². The fourth-order valence-electron chi connectivity index (χ4n) is 4.78. The number of hydrogen-bond acceptors (Lipinski definition) is 5. The predicted octanol–water partition coefficient (Wildman–Crippen LogP) is 5.79. The normalized spacial score (nSPS) is 15.1. The Kier molecular flexibility index (Phi) is 7.05. The smallest absolute Gasteiger partial charge is 0.273 e. The van der Waals surface area contributed by atoms with Gasteiger partial charge in [-0.3, -0.25) is 9.89 Å². The number of nitrogens with zero attached hydrogens (tertiary/aromatic N) is 2. The van der Waals surface area contributed by atoms with Gasteiger partial charge in [-0.25, -0.2) is 0 Å². The number of amides is 1. The van der Waals surface area contributed by atoms with Crippen molar-refractivity contribution in [2.45, 2.75) is 53.5 Å². The van der Waals surface area contributed by atoms with Gasteiger partial charge in [0.2, 0.25) is 0 Å². The van der Waals surface area contributed by atoms with Crippen molar-refractivity contribution >= 4 is 5.91 Å². The lowest BCUT2D eigenvalue weighted by atomic mass is 9.93. The number of fused-ring (bicyclic) bond motifs is 1. The second kappa shape index (κ2) is 10.0. The molecular formula is C28H35N3O4. The molecule has 3 aromatic rings. The minimum atomic E-state index is -0.356. The summed E-state index contributed by atoms with van der Waals surface area (Å²) in [7, 11) is 1.62. The van der Waals surface area contributed by atoms with Crippen molar-refractivity contribution < 1.29 is 19.4 Å². The van der Waals surface area contributed by atoms with Crippen LogP contribution >= 0.6 is 0 Å². The van der Waals surface area contributed by atoms with Gasteiger partial charge in [0.25, 0.3) is 5.91 Å². The summed E-state index contributed by atoms with van der Waals surface area (Å²) < 4.78 is 11.6. The van der Waals surface area contributed by atoms with Crippen molar-refractivity contribution in [2.75, 3.05) is 20.3 Å². The number of rotatable bonds is 9. The number of benzene rings is 2. The average Bonchev–Trinajstić information content (AvgIpc) is 3.34. The Morgan fingerprint density at radius 3 is 2.60 bits per heavy atom. The summed E-state index contributed by atoms with van der Waals surface area (Å²) in [4.78, 5) is 15.4. The van der Waals surface area contributed by atoms with E-state index in [0.717, 1.165) is 35.1 Å². The minimum absolute atomic E-state index is 0.0828. The van der Waals surface area contributed by atoms with E-state index in [1.165, 1.54) is 0 Å². The van der Waals surface area contributed by atoms with Crippen molar-refractivity contribution in [3.05, 3.63) is 58.3 Å². The number of methoxy groups -OCH3 is 1. The summed E-state index contributed by atoms with van der Waals surface area (Å²) in [6.45, 7) is 11.4. The van der Waals surface area contributed by atoms with Gasteiger partial charge in [-0.2, -0.15) is 5.10 Å².